The maximum atomic E-state index is 11.7. The van der Waals surface area contributed by atoms with Crippen LogP contribution in [0.5, 0.6) is 0 Å². The predicted molar refractivity (Wildman–Crippen MR) is 97.8 cm³/mol. The number of carbonyl (C=O) groups is 2. The van der Waals surface area contributed by atoms with Gasteiger partial charge in [-0.3, -0.25) is 9.59 Å². The number of rotatable bonds is 8. The van der Waals surface area contributed by atoms with Gasteiger partial charge in [0.05, 0.1) is 17.9 Å². The molecule has 1 fully saturated rings. The molecule has 9 heteroatoms. The van der Waals surface area contributed by atoms with E-state index in [-0.39, 0.29) is 23.6 Å². The van der Waals surface area contributed by atoms with Crippen molar-refractivity contribution in [3.8, 4) is 0 Å². The zero-order valence-electron chi connectivity index (χ0n) is 13.1. The van der Waals surface area contributed by atoms with E-state index in [1.54, 1.807) is 35.8 Å². The zero-order chi connectivity index (χ0) is 17.2. The van der Waals surface area contributed by atoms with Crippen LogP contribution in [-0.2, 0) is 9.59 Å². The molecule has 1 amide bonds. The minimum Gasteiger partial charge on any atom is -0.399 e. The first-order valence-electron chi connectivity index (χ1n) is 7.44. The Morgan fingerprint density at radius 1 is 1.46 bits per heavy atom. The van der Waals surface area contributed by atoms with Gasteiger partial charge in [-0.2, -0.15) is 10.2 Å². The number of nitrogens with zero attached hydrogens (tertiary/aromatic N) is 2. The van der Waals surface area contributed by atoms with Gasteiger partial charge in [-0.1, -0.05) is 11.8 Å². The number of hydrogen-bond donors (Lipinski definition) is 3. The van der Waals surface area contributed by atoms with Crippen molar-refractivity contribution in [3.63, 3.8) is 0 Å². The van der Waals surface area contributed by atoms with E-state index in [1.165, 1.54) is 23.5 Å². The van der Waals surface area contributed by atoms with Crippen molar-refractivity contribution < 1.29 is 14.9 Å². The lowest BCUT2D eigenvalue weighted by Gasteiger charge is -2.07. The van der Waals surface area contributed by atoms with E-state index in [4.69, 9.17) is 5.73 Å². The normalized spacial score (nSPS) is 17.8. The monoisotopic (exact) mass is 366 g/mol. The summed E-state index contributed by atoms with van der Waals surface area (Å²) in [7, 11) is 0. The molecule has 1 heterocycles. The number of azo groups is 1. The fourth-order valence-corrected chi connectivity index (χ4v) is 3.26. The number of nitrogens with one attached hydrogen (secondary N) is 1. The summed E-state index contributed by atoms with van der Waals surface area (Å²) >= 11 is 2.75. The smallest absolute Gasteiger partial charge is 0.276 e. The number of anilines is 1. The lowest BCUT2D eigenvalue weighted by Crippen LogP contribution is -2.81. The number of amides is 1. The van der Waals surface area contributed by atoms with Crippen LogP contribution in [0.2, 0.25) is 0 Å². The van der Waals surface area contributed by atoms with Crippen molar-refractivity contribution in [1.29, 1.82) is 0 Å². The predicted octanol–water partition coefficient (Wildman–Crippen LogP) is 1.23. The molecule has 1 aromatic carbocycles. The Balaban J connectivity index is 1.55. The maximum Gasteiger partial charge on any atom is 0.276 e. The minimum absolute atomic E-state index is 0.0564. The zero-order valence-corrected chi connectivity index (χ0v) is 14.7. The van der Waals surface area contributed by atoms with E-state index >= 15 is 0 Å². The van der Waals surface area contributed by atoms with Crippen LogP contribution in [0.4, 0.5) is 11.4 Å². The second kappa shape index (κ2) is 10.1. The van der Waals surface area contributed by atoms with Crippen molar-refractivity contribution in [3.05, 3.63) is 35.9 Å². The molecule has 1 aliphatic heterocycles. The SMILES string of the molecule is Nc1ccc(N=NCS/C=C\[NH2+]CC(=O)NC2CCSC2=O)cc1. The third kappa shape index (κ3) is 6.73. The van der Waals surface area contributed by atoms with Gasteiger partial charge < -0.3 is 16.4 Å². The number of benzene rings is 1. The third-order valence-corrected chi connectivity index (χ3v) is 4.72. The minimum atomic E-state index is -0.317. The van der Waals surface area contributed by atoms with Gasteiger partial charge in [0.15, 0.2) is 6.54 Å². The van der Waals surface area contributed by atoms with Crippen molar-refractivity contribution in [1.82, 2.24) is 5.32 Å². The molecular formula is C15H20N5O2S2+. The molecule has 1 aliphatic rings. The standard InChI is InChI=1S/C15H19N5O2S2/c16-11-1-3-12(4-2-11)20-18-10-23-8-6-17-9-14(21)19-13-5-7-24-15(13)22/h1-4,6,8,13,17H,5,7,9-10,16H2,(H,19,21)/p+1/b8-6-,20-18?. The molecule has 0 saturated carbocycles. The lowest BCUT2D eigenvalue weighted by atomic mass is 10.2. The van der Waals surface area contributed by atoms with Crippen LogP contribution in [-0.4, -0.2) is 35.2 Å². The number of hydrogen-bond acceptors (Lipinski definition) is 7. The second-order valence-corrected chi connectivity index (χ2v) is 6.94. The number of thioether (sulfide) groups is 2. The van der Waals surface area contributed by atoms with Crippen molar-refractivity contribution in [2.24, 2.45) is 10.2 Å². The highest BCUT2D eigenvalue weighted by molar-refractivity contribution is 8.14. The summed E-state index contributed by atoms with van der Waals surface area (Å²) in [5.41, 5.74) is 7.04. The Kier molecular flexibility index (Phi) is 7.80. The quantitative estimate of drug-likeness (QED) is 0.364. The molecular weight excluding hydrogens is 346 g/mol. The number of nitrogen functional groups attached to an aromatic ring is 1. The lowest BCUT2D eigenvalue weighted by molar-refractivity contribution is -0.575. The molecule has 128 valence electrons. The molecule has 1 aromatic rings. The number of quaternary nitrogens is 1. The summed E-state index contributed by atoms with van der Waals surface area (Å²) < 4.78 is 0. The Morgan fingerprint density at radius 2 is 2.25 bits per heavy atom. The van der Waals surface area contributed by atoms with Gasteiger partial charge in [0.1, 0.15) is 5.88 Å². The third-order valence-electron chi connectivity index (χ3n) is 3.10. The summed E-state index contributed by atoms with van der Waals surface area (Å²) in [6.45, 7) is 0.262. The molecule has 1 unspecified atom stereocenters. The Hall–Kier alpha value is -1.84. The average molecular weight is 366 g/mol. The van der Waals surface area contributed by atoms with Gasteiger partial charge in [0, 0.05) is 16.8 Å². The molecule has 7 nitrogen and oxygen atoms in total. The van der Waals surface area contributed by atoms with Crippen LogP contribution in [0.3, 0.4) is 0 Å². The fraction of sp³-hybridized carbons (Fsp3) is 0.333. The van der Waals surface area contributed by atoms with Crippen LogP contribution < -0.4 is 16.4 Å². The largest absolute Gasteiger partial charge is 0.399 e. The van der Waals surface area contributed by atoms with Crippen molar-refractivity contribution in [2.45, 2.75) is 12.5 Å². The number of carbonyl (C=O) groups excluding carboxylic acids is 2. The van der Waals surface area contributed by atoms with Crippen molar-refractivity contribution in [2.75, 3.05) is 23.9 Å². The van der Waals surface area contributed by atoms with Gasteiger partial charge >= 0.3 is 0 Å². The van der Waals surface area contributed by atoms with E-state index in [1.807, 2.05) is 5.41 Å². The first kappa shape index (κ1) is 18.5. The van der Waals surface area contributed by atoms with Gasteiger partial charge in [-0.25, -0.2) is 0 Å². The second-order valence-electron chi connectivity index (χ2n) is 4.97. The highest BCUT2D eigenvalue weighted by atomic mass is 32.2. The highest BCUT2D eigenvalue weighted by Crippen LogP contribution is 2.19. The summed E-state index contributed by atoms with van der Waals surface area (Å²) in [6, 6.07) is 6.85. The summed E-state index contributed by atoms with van der Waals surface area (Å²) in [6.07, 6.45) is 2.52. The molecule has 0 bridgehead atoms. The maximum absolute atomic E-state index is 11.7. The molecule has 24 heavy (non-hydrogen) atoms. The first-order chi connectivity index (χ1) is 11.6. The van der Waals surface area contributed by atoms with E-state index in [9.17, 15) is 9.59 Å². The van der Waals surface area contributed by atoms with Crippen LogP contribution in [0.25, 0.3) is 0 Å². The van der Waals surface area contributed by atoms with Gasteiger partial charge in [-0.15, -0.1) is 11.8 Å². The fourth-order valence-electron chi connectivity index (χ4n) is 1.89. The summed E-state index contributed by atoms with van der Waals surface area (Å²) in [4.78, 5) is 23.1. The molecule has 0 radical (unpaired) electrons. The molecule has 0 aliphatic carbocycles. The summed E-state index contributed by atoms with van der Waals surface area (Å²) in [5, 5.41) is 14.5. The van der Waals surface area contributed by atoms with Crippen LogP contribution in [0, 0.1) is 0 Å². The molecule has 5 N–H and O–H groups in total. The number of nitrogens with two attached hydrogens (primary N) is 2. The van der Waals surface area contributed by atoms with Crippen molar-refractivity contribution >= 4 is 45.9 Å². The topological polar surface area (TPSA) is 114 Å². The Bertz CT molecular complexity index is 619. The Morgan fingerprint density at radius 3 is 2.96 bits per heavy atom. The average Bonchev–Trinajstić information content (AvgIpc) is 2.96. The molecule has 1 atom stereocenters. The molecule has 1 saturated heterocycles. The van der Waals surface area contributed by atoms with E-state index in [0.717, 1.165) is 17.9 Å². The van der Waals surface area contributed by atoms with Crippen LogP contribution >= 0.6 is 23.5 Å². The van der Waals surface area contributed by atoms with Crippen LogP contribution in [0.15, 0.2) is 46.1 Å². The van der Waals surface area contributed by atoms with Gasteiger partial charge in [-0.05, 0) is 30.7 Å². The molecule has 2 rings (SSSR count). The molecule has 0 aromatic heterocycles. The van der Waals surface area contributed by atoms with E-state index < -0.39 is 0 Å². The van der Waals surface area contributed by atoms with E-state index in [2.05, 4.69) is 15.5 Å². The first-order valence-corrected chi connectivity index (χ1v) is 9.47. The Labute approximate surface area is 148 Å². The summed E-state index contributed by atoms with van der Waals surface area (Å²) in [5.74, 6) is 1.15. The van der Waals surface area contributed by atoms with E-state index in [0.29, 0.717) is 11.6 Å². The molecule has 0 spiro atoms. The van der Waals surface area contributed by atoms with Gasteiger partial charge in [0.25, 0.3) is 5.91 Å². The van der Waals surface area contributed by atoms with Gasteiger partial charge in [0.2, 0.25) is 5.12 Å². The highest BCUT2D eigenvalue weighted by Gasteiger charge is 2.26. The van der Waals surface area contributed by atoms with Crippen LogP contribution in [0.1, 0.15) is 6.42 Å².